The second-order valence-electron chi connectivity index (χ2n) is 5.23. The first-order valence-corrected chi connectivity index (χ1v) is 6.52. The van der Waals surface area contributed by atoms with E-state index in [0.29, 0.717) is 5.56 Å². The van der Waals surface area contributed by atoms with Crippen molar-refractivity contribution in [3.8, 4) is 0 Å². The number of nitro groups is 1. The molecule has 7 heteroatoms. The van der Waals surface area contributed by atoms with Crippen LogP contribution >= 0.6 is 0 Å². The number of carbonyl (C=O) groups is 1. The van der Waals surface area contributed by atoms with Crippen molar-refractivity contribution in [2.24, 2.45) is 5.92 Å². The second kappa shape index (κ2) is 4.92. The number of hydrogen-bond acceptors (Lipinski definition) is 6. The minimum absolute atomic E-state index is 0.0464. The predicted molar refractivity (Wildman–Crippen MR) is 66.9 cm³/mol. The average Bonchev–Trinajstić information content (AvgIpc) is 3.26. The number of carbonyl (C=O) groups excluding carboxylic acids is 1. The standard InChI is InChI=1S/C13H14N2O5/c16-10-5-11(20-13(12(10)17)7-1-2-7)8-3-4-14-6-9(8)15(18)19/h3-4,6-7,11-13,17H,1-2,5H2. The number of ketones is 1. The molecule has 0 bridgehead atoms. The Kier molecular flexibility index (Phi) is 3.23. The first kappa shape index (κ1) is 13.1. The molecule has 2 heterocycles. The monoisotopic (exact) mass is 278 g/mol. The van der Waals surface area contributed by atoms with E-state index < -0.39 is 23.2 Å². The van der Waals surface area contributed by atoms with Gasteiger partial charge in [0.25, 0.3) is 5.69 Å². The molecular weight excluding hydrogens is 264 g/mol. The van der Waals surface area contributed by atoms with Gasteiger partial charge in [-0.2, -0.15) is 0 Å². The second-order valence-corrected chi connectivity index (χ2v) is 5.23. The fourth-order valence-corrected chi connectivity index (χ4v) is 2.60. The number of aromatic nitrogens is 1. The van der Waals surface area contributed by atoms with Gasteiger partial charge in [-0.3, -0.25) is 19.9 Å². The first-order valence-electron chi connectivity index (χ1n) is 6.52. The van der Waals surface area contributed by atoms with Crippen molar-refractivity contribution in [1.82, 2.24) is 4.98 Å². The van der Waals surface area contributed by atoms with Gasteiger partial charge in [-0.05, 0) is 24.8 Å². The molecule has 1 aromatic rings. The van der Waals surface area contributed by atoms with Gasteiger partial charge in [0.1, 0.15) is 12.3 Å². The zero-order valence-electron chi connectivity index (χ0n) is 10.6. The third kappa shape index (κ3) is 2.30. The third-order valence-corrected chi connectivity index (χ3v) is 3.81. The Balaban J connectivity index is 1.90. The molecule has 0 aromatic carbocycles. The zero-order valence-corrected chi connectivity index (χ0v) is 10.6. The highest BCUT2D eigenvalue weighted by Gasteiger charge is 2.46. The van der Waals surface area contributed by atoms with E-state index in [1.54, 1.807) is 0 Å². The molecule has 1 N–H and O–H groups in total. The van der Waals surface area contributed by atoms with Crippen molar-refractivity contribution in [2.45, 2.75) is 37.6 Å². The van der Waals surface area contributed by atoms with Crippen molar-refractivity contribution < 1.29 is 19.6 Å². The summed E-state index contributed by atoms with van der Waals surface area (Å²) >= 11 is 0. The highest BCUT2D eigenvalue weighted by molar-refractivity contribution is 5.85. The topological polar surface area (TPSA) is 103 Å². The van der Waals surface area contributed by atoms with E-state index in [1.165, 1.54) is 12.3 Å². The minimum atomic E-state index is -1.11. The van der Waals surface area contributed by atoms with Crippen LogP contribution in [0.4, 0.5) is 5.69 Å². The molecule has 0 spiro atoms. The molecular formula is C13H14N2O5. The van der Waals surface area contributed by atoms with Crippen molar-refractivity contribution in [3.63, 3.8) is 0 Å². The van der Waals surface area contributed by atoms with Crippen LogP contribution in [-0.4, -0.2) is 33.0 Å². The average molecular weight is 278 g/mol. The van der Waals surface area contributed by atoms with E-state index in [1.807, 2.05) is 0 Å². The highest BCUT2D eigenvalue weighted by atomic mass is 16.6. The lowest BCUT2D eigenvalue weighted by molar-refractivity contribution is -0.386. The summed E-state index contributed by atoms with van der Waals surface area (Å²) in [5.41, 5.74) is 0.187. The molecule has 1 aliphatic carbocycles. The lowest BCUT2D eigenvalue weighted by Crippen LogP contribution is -2.44. The predicted octanol–water partition coefficient (Wildman–Crippen LogP) is 1.16. The molecule has 1 aliphatic heterocycles. The van der Waals surface area contributed by atoms with Crippen LogP contribution in [0.1, 0.15) is 30.9 Å². The summed E-state index contributed by atoms with van der Waals surface area (Å²) in [6.45, 7) is 0. The number of rotatable bonds is 3. The maximum absolute atomic E-state index is 11.9. The summed E-state index contributed by atoms with van der Waals surface area (Å²) in [5, 5.41) is 20.9. The molecule has 2 aliphatic rings. The Bertz CT molecular complexity index is 557. The number of aliphatic hydroxyl groups is 1. The van der Waals surface area contributed by atoms with Gasteiger partial charge < -0.3 is 9.84 Å². The van der Waals surface area contributed by atoms with Gasteiger partial charge >= 0.3 is 0 Å². The largest absolute Gasteiger partial charge is 0.383 e. The van der Waals surface area contributed by atoms with Crippen LogP contribution in [0.2, 0.25) is 0 Å². The molecule has 1 aromatic heterocycles. The highest BCUT2D eigenvalue weighted by Crippen LogP contribution is 2.43. The Morgan fingerprint density at radius 3 is 2.85 bits per heavy atom. The van der Waals surface area contributed by atoms with E-state index in [4.69, 9.17) is 4.74 Å². The number of aliphatic hydroxyl groups excluding tert-OH is 1. The van der Waals surface area contributed by atoms with Crippen LogP contribution in [0.5, 0.6) is 0 Å². The molecule has 1 saturated heterocycles. The summed E-state index contributed by atoms with van der Waals surface area (Å²) in [5.74, 6) is -0.137. The molecule has 0 radical (unpaired) electrons. The Morgan fingerprint density at radius 2 is 2.20 bits per heavy atom. The van der Waals surface area contributed by atoms with Gasteiger partial charge in [0, 0.05) is 12.6 Å². The van der Waals surface area contributed by atoms with Crippen molar-refractivity contribution >= 4 is 11.5 Å². The molecule has 7 nitrogen and oxygen atoms in total. The summed E-state index contributed by atoms with van der Waals surface area (Å²) in [6.07, 6.45) is 2.04. The number of ether oxygens (including phenoxy) is 1. The molecule has 3 rings (SSSR count). The van der Waals surface area contributed by atoms with Crippen molar-refractivity contribution in [1.29, 1.82) is 0 Å². The molecule has 3 unspecified atom stereocenters. The van der Waals surface area contributed by atoms with Crippen LogP contribution in [0, 0.1) is 16.0 Å². The maximum atomic E-state index is 11.9. The van der Waals surface area contributed by atoms with Gasteiger partial charge in [0.05, 0.1) is 22.7 Å². The first-order chi connectivity index (χ1) is 9.58. The number of nitrogens with zero attached hydrogens (tertiary/aromatic N) is 2. The summed E-state index contributed by atoms with van der Waals surface area (Å²) < 4.78 is 5.77. The molecule has 20 heavy (non-hydrogen) atoms. The molecule has 2 fully saturated rings. The van der Waals surface area contributed by atoms with Crippen LogP contribution in [0.25, 0.3) is 0 Å². The van der Waals surface area contributed by atoms with Crippen LogP contribution < -0.4 is 0 Å². The van der Waals surface area contributed by atoms with Crippen LogP contribution in [-0.2, 0) is 9.53 Å². The Labute approximate surface area is 114 Å². The number of hydrogen-bond donors (Lipinski definition) is 1. The zero-order chi connectivity index (χ0) is 14.3. The molecule has 1 saturated carbocycles. The number of Topliss-reactive ketones (excluding diaryl/α,β-unsaturated/α-hetero) is 1. The van der Waals surface area contributed by atoms with Gasteiger partial charge in [-0.25, -0.2) is 0 Å². The Morgan fingerprint density at radius 1 is 1.45 bits per heavy atom. The van der Waals surface area contributed by atoms with Gasteiger partial charge in [0.2, 0.25) is 0 Å². The number of pyridine rings is 1. The van der Waals surface area contributed by atoms with Crippen LogP contribution in [0.3, 0.4) is 0 Å². The molecule has 3 atom stereocenters. The lowest BCUT2D eigenvalue weighted by Gasteiger charge is -2.33. The van der Waals surface area contributed by atoms with E-state index in [-0.39, 0.29) is 23.8 Å². The lowest BCUT2D eigenvalue weighted by atomic mass is 9.93. The Hall–Kier alpha value is -1.86. The minimum Gasteiger partial charge on any atom is -0.383 e. The normalized spacial score (nSPS) is 30.2. The summed E-state index contributed by atoms with van der Waals surface area (Å²) in [6, 6.07) is 1.50. The maximum Gasteiger partial charge on any atom is 0.293 e. The van der Waals surface area contributed by atoms with E-state index >= 15 is 0 Å². The molecule has 0 amide bonds. The van der Waals surface area contributed by atoms with Crippen molar-refractivity contribution in [3.05, 3.63) is 34.1 Å². The fraction of sp³-hybridized carbons (Fsp3) is 0.538. The molecule has 106 valence electrons. The van der Waals surface area contributed by atoms with Gasteiger partial charge in [0.15, 0.2) is 5.78 Å². The van der Waals surface area contributed by atoms with Gasteiger partial charge in [-0.1, -0.05) is 0 Å². The third-order valence-electron chi connectivity index (χ3n) is 3.81. The smallest absolute Gasteiger partial charge is 0.293 e. The SMILES string of the molecule is O=C1CC(c2ccncc2[N+](=O)[O-])OC(C2CC2)C1O. The quantitative estimate of drug-likeness (QED) is 0.657. The van der Waals surface area contributed by atoms with Gasteiger partial charge in [-0.15, -0.1) is 0 Å². The van der Waals surface area contributed by atoms with Crippen LogP contribution in [0.15, 0.2) is 18.5 Å². The summed E-state index contributed by atoms with van der Waals surface area (Å²) in [4.78, 5) is 26.1. The van der Waals surface area contributed by atoms with E-state index in [9.17, 15) is 20.0 Å². The van der Waals surface area contributed by atoms with Crippen molar-refractivity contribution in [2.75, 3.05) is 0 Å². The van der Waals surface area contributed by atoms with E-state index in [0.717, 1.165) is 19.0 Å². The summed E-state index contributed by atoms with van der Waals surface area (Å²) in [7, 11) is 0. The fourth-order valence-electron chi connectivity index (χ4n) is 2.60. The van der Waals surface area contributed by atoms with E-state index in [2.05, 4.69) is 4.98 Å².